The molecule has 1 radical (unpaired) electrons. The minimum absolute atomic E-state index is 0.143. The number of pyridine rings is 1. The second-order valence-electron chi connectivity index (χ2n) is 3.39. The highest BCUT2D eigenvalue weighted by atomic mass is 16.3. The van der Waals surface area contributed by atoms with Crippen molar-refractivity contribution in [2.45, 2.75) is 20.4 Å². The van der Waals surface area contributed by atoms with Crippen LogP contribution in [0.5, 0.6) is 0 Å². The van der Waals surface area contributed by atoms with E-state index in [4.69, 9.17) is 5.11 Å². The van der Waals surface area contributed by atoms with Gasteiger partial charge in [0.25, 0.3) is 0 Å². The van der Waals surface area contributed by atoms with E-state index in [0.717, 1.165) is 11.0 Å². The first kappa shape index (κ1) is 9.21. The summed E-state index contributed by atoms with van der Waals surface area (Å²) < 4.78 is 2.04. The van der Waals surface area contributed by atoms with Crippen molar-refractivity contribution in [1.82, 2.24) is 9.55 Å². The molecule has 0 aliphatic rings. The van der Waals surface area contributed by atoms with E-state index in [1.807, 2.05) is 17.6 Å². The standard InChI is InChI=1S/C11H13N2O/c1-8-9(2)13(6-7-14)11-10(8)4-3-5-12-11/h4-5,14H,6-7H2,1-2H3. The molecule has 0 aliphatic heterocycles. The molecule has 0 saturated carbocycles. The summed E-state index contributed by atoms with van der Waals surface area (Å²) in [6, 6.07) is 4.91. The van der Waals surface area contributed by atoms with Crippen molar-refractivity contribution in [3.05, 3.63) is 29.6 Å². The largest absolute Gasteiger partial charge is 0.395 e. The lowest BCUT2D eigenvalue weighted by Crippen LogP contribution is -2.04. The minimum atomic E-state index is 0.143. The number of hydrogen-bond acceptors (Lipinski definition) is 2. The number of rotatable bonds is 2. The molecule has 0 fully saturated rings. The molecule has 14 heavy (non-hydrogen) atoms. The van der Waals surface area contributed by atoms with Gasteiger partial charge in [0, 0.05) is 29.9 Å². The summed E-state index contributed by atoms with van der Waals surface area (Å²) >= 11 is 0. The fourth-order valence-electron chi connectivity index (χ4n) is 1.77. The number of nitrogens with zero attached hydrogens (tertiary/aromatic N) is 2. The number of aromatic nitrogens is 2. The van der Waals surface area contributed by atoms with Crippen LogP contribution in [0.3, 0.4) is 0 Å². The van der Waals surface area contributed by atoms with Crippen molar-refractivity contribution in [2.24, 2.45) is 0 Å². The normalized spacial score (nSPS) is 11.1. The fraction of sp³-hybridized carbons (Fsp3) is 0.364. The molecular formula is C11H13N2O. The zero-order chi connectivity index (χ0) is 10.1. The van der Waals surface area contributed by atoms with E-state index in [1.54, 1.807) is 6.20 Å². The average Bonchev–Trinajstić information content (AvgIpc) is 2.45. The predicted octanol–water partition coefficient (Wildman–Crippen LogP) is 1.45. The monoisotopic (exact) mass is 189 g/mol. The molecule has 73 valence electrons. The maximum atomic E-state index is 8.96. The van der Waals surface area contributed by atoms with Gasteiger partial charge in [-0.15, -0.1) is 0 Å². The van der Waals surface area contributed by atoms with E-state index in [2.05, 4.69) is 18.0 Å². The molecule has 2 heterocycles. The Hall–Kier alpha value is -1.35. The van der Waals surface area contributed by atoms with Crippen molar-refractivity contribution in [3.63, 3.8) is 0 Å². The van der Waals surface area contributed by atoms with Crippen LogP contribution in [0.15, 0.2) is 12.3 Å². The van der Waals surface area contributed by atoms with Crippen LogP contribution in [-0.4, -0.2) is 21.3 Å². The van der Waals surface area contributed by atoms with Gasteiger partial charge < -0.3 is 9.67 Å². The number of fused-ring (bicyclic) bond motifs is 1. The van der Waals surface area contributed by atoms with Gasteiger partial charge in [-0.25, -0.2) is 4.98 Å². The van der Waals surface area contributed by atoms with E-state index in [-0.39, 0.29) is 6.61 Å². The Morgan fingerprint density at radius 2 is 2.29 bits per heavy atom. The Labute approximate surface area is 83.0 Å². The lowest BCUT2D eigenvalue weighted by Gasteiger charge is -2.04. The maximum Gasteiger partial charge on any atom is 0.140 e. The van der Waals surface area contributed by atoms with Gasteiger partial charge in [0.05, 0.1) is 6.61 Å². The highest BCUT2D eigenvalue weighted by Gasteiger charge is 2.10. The summed E-state index contributed by atoms with van der Waals surface area (Å²) in [4.78, 5) is 4.28. The molecule has 3 heteroatoms. The lowest BCUT2D eigenvalue weighted by atomic mass is 10.2. The second kappa shape index (κ2) is 3.42. The highest BCUT2D eigenvalue weighted by Crippen LogP contribution is 2.22. The summed E-state index contributed by atoms with van der Waals surface area (Å²) in [5, 5.41) is 10.1. The molecule has 0 bridgehead atoms. The first-order valence-corrected chi connectivity index (χ1v) is 4.68. The first-order chi connectivity index (χ1) is 6.75. The third-order valence-corrected chi connectivity index (χ3v) is 2.66. The molecule has 1 N–H and O–H groups in total. The van der Waals surface area contributed by atoms with Crippen LogP contribution in [0.1, 0.15) is 11.3 Å². The van der Waals surface area contributed by atoms with Gasteiger partial charge in [0.1, 0.15) is 5.65 Å². The highest BCUT2D eigenvalue weighted by molar-refractivity contribution is 5.81. The third kappa shape index (κ3) is 1.21. The molecule has 2 aromatic heterocycles. The topological polar surface area (TPSA) is 38.0 Å². The molecule has 0 spiro atoms. The molecule has 0 unspecified atom stereocenters. The minimum Gasteiger partial charge on any atom is -0.395 e. The fourth-order valence-corrected chi connectivity index (χ4v) is 1.77. The van der Waals surface area contributed by atoms with E-state index in [0.29, 0.717) is 6.54 Å². The van der Waals surface area contributed by atoms with Gasteiger partial charge in [-0.2, -0.15) is 0 Å². The van der Waals surface area contributed by atoms with Crippen molar-refractivity contribution in [3.8, 4) is 0 Å². The molecule has 0 amide bonds. The molecule has 0 saturated heterocycles. The summed E-state index contributed by atoms with van der Waals surface area (Å²) in [6.45, 7) is 4.87. The van der Waals surface area contributed by atoms with Gasteiger partial charge in [-0.3, -0.25) is 0 Å². The summed E-state index contributed by atoms with van der Waals surface area (Å²) in [6.07, 6.45) is 1.66. The smallest absolute Gasteiger partial charge is 0.140 e. The quantitative estimate of drug-likeness (QED) is 0.776. The average molecular weight is 189 g/mol. The van der Waals surface area contributed by atoms with E-state index < -0.39 is 0 Å². The molecule has 2 rings (SSSR count). The predicted molar refractivity (Wildman–Crippen MR) is 55.1 cm³/mol. The zero-order valence-electron chi connectivity index (χ0n) is 8.41. The van der Waals surface area contributed by atoms with Crippen molar-refractivity contribution in [1.29, 1.82) is 0 Å². The summed E-state index contributed by atoms with van der Waals surface area (Å²) in [5.41, 5.74) is 3.33. The number of aryl methyl sites for hydroxylation is 1. The zero-order valence-corrected chi connectivity index (χ0v) is 8.41. The second-order valence-corrected chi connectivity index (χ2v) is 3.39. The van der Waals surface area contributed by atoms with Crippen LogP contribution in [0.4, 0.5) is 0 Å². The van der Waals surface area contributed by atoms with Gasteiger partial charge in [0.2, 0.25) is 0 Å². The van der Waals surface area contributed by atoms with Crippen LogP contribution in [-0.2, 0) is 6.54 Å². The van der Waals surface area contributed by atoms with Crippen LogP contribution in [0.25, 0.3) is 11.0 Å². The molecule has 0 aromatic carbocycles. The van der Waals surface area contributed by atoms with Crippen LogP contribution in [0, 0.1) is 19.9 Å². The van der Waals surface area contributed by atoms with Gasteiger partial charge in [-0.1, -0.05) is 0 Å². The Bertz CT molecular complexity index is 460. The van der Waals surface area contributed by atoms with Crippen LogP contribution in [0.2, 0.25) is 0 Å². The molecule has 3 nitrogen and oxygen atoms in total. The number of hydrogen-bond donors (Lipinski definition) is 1. The molecule has 0 aliphatic carbocycles. The molecular weight excluding hydrogens is 176 g/mol. The number of aliphatic hydroxyl groups excluding tert-OH is 1. The van der Waals surface area contributed by atoms with Gasteiger partial charge in [0.15, 0.2) is 0 Å². The SMILES string of the molecule is Cc1c(C)n(CCO)c2nc[c]cc12. The van der Waals surface area contributed by atoms with Gasteiger partial charge in [-0.05, 0) is 25.5 Å². The van der Waals surface area contributed by atoms with Crippen molar-refractivity contribution in [2.75, 3.05) is 6.61 Å². The summed E-state index contributed by atoms with van der Waals surface area (Å²) in [7, 11) is 0. The van der Waals surface area contributed by atoms with Gasteiger partial charge >= 0.3 is 0 Å². The molecule has 0 atom stereocenters. The van der Waals surface area contributed by atoms with E-state index in [1.165, 1.54) is 11.3 Å². The van der Waals surface area contributed by atoms with Crippen LogP contribution < -0.4 is 0 Å². The first-order valence-electron chi connectivity index (χ1n) is 4.68. The molecule has 2 aromatic rings. The summed E-state index contributed by atoms with van der Waals surface area (Å²) in [5.74, 6) is 0. The Kier molecular flexibility index (Phi) is 2.25. The van der Waals surface area contributed by atoms with Crippen molar-refractivity contribution < 1.29 is 5.11 Å². The van der Waals surface area contributed by atoms with E-state index >= 15 is 0 Å². The third-order valence-electron chi connectivity index (χ3n) is 2.66. The Balaban J connectivity index is 2.74. The van der Waals surface area contributed by atoms with Crippen molar-refractivity contribution >= 4 is 11.0 Å². The maximum absolute atomic E-state index is 8.96. The Morgan fingerprint density at radius 1 is 1.50 bits per heavy atom. The Morgan fingerprint density at radius 3 is 3.00 bits per heavy atom. The lowest BCUT2D eigenvalue weighted by molar-refractivity contribution is 0.276. The van der Waals surface area contributed by atoms with E-state index in [9.17, 15) is 0 Å². The van der Waals surface area contributed by atoms with Crippen LogP contribution >= 0.6 is 0 Å². The number of aliphatic hydroxyl groups is 1.